The van der Waals surface area contributed by atoms with E-state index in [1.807, 2.05) is 24.7 Å². The molecule has 2 aromatic heterocycles. The summed E-state index contributed by atoms with van der Waals surface area (Å²) in [6, 6.07) is 23.1. The molecule has 0 saturated carbocycles. The van der Waals surface area contributed by atoms with Crippen LogP contribution in [0.5, 0.6) is 0 Å². The van der Waals surface area contributed by atoms with E-state index in [1.165, 1.54) is 22.3 Å². The maximum atomic E-state index is 4.24. The Bertz CT molecular complexity index is 960. The molecule has 0 aliphatic heterocycles. The van der Waals surface area contributed by atoms with Crippen molar-refractivity contribution >= 4 is 0 Å². The van der Waals surface area contributed by atoms with Crippen molar-refractivity contribution in [2.75, 3.05) is 6.54 Å². The summed E-state index contributed by atoms with van der Waals surface area (Å²) >= 11 is 0. The van der Waals surface area contributed by atoms with Gasteiger partial charge in [0.1, 0.15) is 0 Å². The minimum absolute atomic E-state index is 0.789. The molecule has 0 aliphatic rings. The lowest BCUT2D eigenvalue weighted by Crippen LogP contribution is -2.16. The molecule has 2 heterocycles. The van der Waals surface area contributed by atoms with Gasteiger partial charge in [-0.25, -0.2) is 0 Å². The molecule has 0 bridgehead atoms. The minimum atomic E-state index is 0.789. The second-order valence-corrected chi connectivity index (χ2v) is 6.50. The van der Waals surface area contributed by atoms with Crippen LogP contribution in [0.2, 0.25) is 0 Å². The number of benzene rings is 2. The van der Waals surface area contributed by atoms with Crippen LogP contribution in [0.3, 0.4) is 0 Å². The van der Waals surface area contributed by atoms with E-state index >= 15 is 0 Å². The summed E-state index contributed by atoms with van der Waals surface area (Å²) in [5.74, 6) is 0. The van der Waals surface area contributed by atoms with Gasteiger partial charge in [0.05, 0.1) is 11.9 Å². The van der Waals surface area contributed by atoms with Crippen molar-refractivity contribution < 1.29 is 0 Å². The van der Waals surface area contributed by atoms with Crippen molar-refractivity contribution in [3.8, 4) is 22.4 Å². The van der Waals surface area contributed by atoms with Gasteiger partial charge in [-0.2, -0.15) is 5.10 Å². The van der Waals surface area contributed by atoms with Gasteiger partial charge in [-0.1, -0.05) is 54.6 Å². The molecule has 0 unspecified atom stereocenters. The second kappa shape index (κ2) is 8.43. The summed E-state index contributed by atoms with van der Waals surface area (Å²) < 4.78 is 0. The fraction of sp³-hybridized carbons (Fsp3) is 0.130. The van der Waals surface area contributed by atoms with Gasteiger partial charge < -0.3 is 5.32 Å². The molecule has 0 atom stereocenters. The first-order valence-electron chi connectivity index (χ1n) is 9.18. The van der Waals surface area contributed by atoms with E-state index in [-0.39, 0.29) is 0 Å². The molecule has 0 aliphatic carbocycles. The summed E-state index contributed by atoms with van der Waals surface area (Å²) in [7, 11) is 0. The van der Waals surface area contributed by atoms with Crippen molar-refractivity contribution in [3.05, 3.63) is 96.4 Å². The van der Waals surface area contributed by atoms with Gasteiger partial charge in [0.15, 0.2) is 0 Å². The van der Waals surface area contributed by atoms with Gasteiger partial charge in [0, 0.05) is 24.5 Å². The molecular weight excluding hydrogens is 332 g/mol. The number of aromatic nitrogens is 3. The first-order chi connectivity index (χ1) is 13.4. The van der Waals surface area contributed by atoms with Crippen LogP contribution >= 0.6 is 0 Å². The van der Waals surface area contributed by atoms with E-state index in [0.717, 1.165) is 30.8 Å². The van der Waals surface area contributed by atoms with Crippen molar-refractivity contribution in [2.45, 2.75) is 13.0 Å². The molecule has 4 heteroatoms. The molecule has 2 aromatic carbocycles. The van der Waals surface area contributed by atoms with E-state index in [0.29, 0.717) is 0 Å². The molecule has 0 fully saturated rings. The average molecular weight is 354 g/mol. The Hall–Kier alpha value is -3.24. The molecule has 0 saturated heterocycles. The van der Waals surface area contributed by atoms with Gasteiger partial charge in [-0.05, 0) is 47.4 Å². The quantitative estimate of drug-likeness (QED) is 0.481. The standard InChI is InChI=1S/C23H22N4/c1-2-4-19(5-3-1)20-6-8-21(9-7-20)23-22(17-26-27-23)16-25-15-12-18-10-13-24-14-11-18/h1-11,13-14,17,25H,12,15-16H2,(H,26,27). The highest BCUT2D eigenvalue weighted by atomic mass is 15.1. The van der Waals surface area contributed by atoms with Crippen LogP contribution in [0.1, 0.15) is 11.1 Å². The Balaban J connectivity index is 1.39. The van der Waals surface area contributed by atoms with Crippen LogP contribution in [0.4, 0.5) is 0 Å². The third kappa shape index (κ3) is 4.30. The number of pyridine rings is 1. The summed E-state index contributed by atoms with van der Waals surface area (Å²) in [5, 5.41) is 10.9. The first-order valence-corrected chi connectivity index (χ1v) is 9.18. The lowest BCUT2D eigenvalue weighted by atomic mass is 10.0. The largest absolute Gasteiger partial charge is 0.312 e. The SMILES string of the molecule is c1ccc(-c2ccc(-c3[nH]ncc3CNCCc3ccncc3)cc2)cc1. The molecule has 4 aromatic rings. The number of rotatable bonds is 7. The van der Waals surface area contributed by atoms with Crippen LogP contribution in [0.15, 0.2) is 85.3 Å². The minimum Gasteiger partial charge on any atom is -0.312 e. The fourth-order valence-corrected chi connectivity index (χ4v) is 3.16. The van der Waals surface area contributed by atoms with Crippen molar-refractivity contribution in [1.82, 2.24) is 20.5 Å². The molecular formula is C23H22N4. The molecule has 0 radical (unpaired) electrons. The topological polar surface area (TPSA) is 53.6 Å². The number of hydrogen-bond acceptors (Lipinski definition) is 3. The van der Waals surface area contributed by atoms with Crippen molar-refractivity contribution in [2.24, 2.45) is 0 Å². The molecule has 4 rings (SSSR count). The normalized spacial score (nSPS) is 10.8. The third-order valence-corrected chi connectivity index (χ3v) is 4.65. The van der Waals surface area contributed by atoms with Gasteiger partial charge in [0.25, 0.3) is 0 Å². The third-order valence-electron chi connectivity index (χ3n) is 4.65. The number of nitrogens with zero attached hydrogens (tertiary/aromatic N) is 2. The van der Waals surface area contributed by atoms with Gasteiger partial charge in [-0.15, -0.1) is 0 Å². The summed E-state index contributed by atoms with van der Waals surface area (Å²) in [6.45, 7) is 1.71. The maximum Gasteiger partial charge on any atom is 0.0695 e. The molecule has 4 nitrogen and oxygen atoms in total. The second-order valence-electron chi connectivity index (χ2n) is 6.50. The van der Waals surface area contributed by atoms with E-state index in [4.69, 9.17) is 0 Å². The fourth-order valence-electron chi connectivity index (χ4n) is 3.16. The Morgan fingerprint density at radius 2 is 1.48 bits per heavy atom. The monoisotopic (exact) mass is 354 g/mol. The van der Waals surface area contributed by atoms with Gasteiger partial charge >= 0.3 is 0 Å². The highest BCUT2D eigenvalue weighted by molar-refractivity contribution is 5.69. The zero-order valence-corrected chi connectivity index (χ0v) is 15.1. The number of hydrogen-bond donors (Lipinski definition) is 2. The Morgan fingerprint density at radius 1 is 0.778 bits per heavy atom. The van der Waals surface area contributed by atoms with Crippen molar-refractivity contribution in [1.29, 1.82) is 0 Å². The van der Waals surface area contributed by atoms with Gasteiger partial charge in [0.2, 0.25) is 0 Å². The number of nitrogens with one attached hydrogen (secondary N) is 2. The van der Waals surface area contributed by atoms with E-state index in [1.54, 1.807) is 0 Å². The summed E-state index contributed by atoms with van der Waals surface area (Å²) in [4.78, 5) is 4.05. The molecule has 2 N–H and O–H groups in total. The van der Waals surface area contributed by atoms with E-state index in [9.17, 15) is 0 Å². The summed E-state index contributed by atoms with van der Waals surface area (Å²) in [5.41, 5.74) is 7.14. The molecule has 27 heavy (non-hydrogen) atoms. The highest BCUT2D eigenvalue weighted by Crippen LogP contribution is 2.25. The van der Waals surface area contributed by atoms with Crippen LogP contribution in [-0.4, -0.2) is 21.7 Å². The Labute approximate surface area is 159 Å². The first kappa shape index (κ1) is 17.2. The van der Waals surface area contributed by atoms with Gasteiger partial charge in [-0.3, -0.25) is 10.1 Å². The lowest BCUT2D eigenvalue weighted by Gasteiger charge is -2.07. The Kier molecular flexibility index (Phi) is 5.36. The highest BCUT2D eigenvalue weighted by Gasteiger charge is 2.08. The Morgan fingerprint density at radius 3 is 2.26 bits per heavy atom. The predicted octanol–water partition coefficient (Wildman–Crippen LogP) is 4.47. The van der Waals surface area contributed by atoms with Crippen LogP contribution < -0.4 is 5.32 Å². The maximum absolute atomic E-state index is 4.24. The average Bonchev–Trinajstić information content (AvgIpc) is 3.21. The van der Waals surface area contributed by atoms with Crippen LogP contribution in [-0.2, 0) is 13.0 Å². The van der Waals surface area contributed by atoms with Crippen molar-refractivity contribution in [3.63, 3.8) is 0 Å². The number of H-pyrrole nitrogens is 1. The molecule has 134 valence electrons. The lowest BCUT2D eigenvalue weighted by molar-refractivity contribution is 0.687. The van der Waals surface area contributed by atoms with Crippen LogP contribution in [0, 0.1) is 0 Å². The van der Waals surface area contributed by atoms with E-state index < -0.39 is 0 Å². The van der Waals surface area contributed by atoms with E-state index in [2.05, 4.69) is 81.2 Å². The molecule has 0 spiro atoms. The predicted molar refractivity (Wildman–Crippen MR) is 109 cm³/mol. The zero-order valence-electron chi connectivity index (χ0n) is 15.1. The van der Waals surface area contributed by atoms with Crippen LogP contribution in [0.25, 0.3) is 22.4 Å². The smallest absolute Gasteiger partial charge is 0.0695 e. The molecule has 0 amide bonds. The zero-order chi connectivity index (χ0) is 18.3. The summed E-state index contributed by atoms with van der Waals surface area (Å²) in [6.07, 6.45) is 6.56. The number of aromatic amines is 1.